The van der Waals surface area contributed by atoms with Crippen molar-refractivity contribution in [1.82, 2.24) is 10.9 Å². The van der Waals surface area contributed by atoms with Gasteiger partial charge in [0.25, 0.3) is 0 Å². The molecule has 6 nitrogen and oxygen atoms in total. The number of alkyl halides is 3. The lowest BCUT2D eigenvalue weighted by Crippen LogP contribution is -2.45. The molecule has 1 aromatic carbocycles. The van der Waals surface area contributed by atoms with Crippen LogP contribution < -0.4 is 10.9 Å². The highest BCUT2D eigenvalue weighted by molar-refractivity contribution is 7.91. The molecule has 0 bridgehead atoms. The van der Waals surface area contributed by atoms with Gasteiger partial charge in [-0.3, -0.25) is 20.4 Å². The summed E-state index contributed by atoms with van der Waals surface area (Å²) in [5.74, 6) is -2.42. The van der Waals surface area contributed by atoms with Crippen LogP contribution in [0.3, 0.4) is 0 Å². The monoisotopic (exact) mass is 364 g/mol. The molecule has 2 rings (SSSR count). The van der Waals surface area contributed by atoms with Crippen LogP contribution in [0, 0.1) is 5.92 Å². The van der Waals surface area contributed by atoms with Gasteiger partial charge in [-0.25, -0.2) is 8.42 Å². The molecular weight excluding hydrogens is 349 g/mol. The number of carbonyl (C=O) groups is 2. The quantitative estimate of drug-likeness (QED) is 0.777. The molecule has 1 aliphatic rings. The Morgan fingerprint density at radius 1 is 1.21 bits per heavy atom. The molecule has 0 unspecified atom stereocenters. The number of carbonyl (C=O) groups excluding carboxylic acids is 2. The van der Waals surface area contributed by atoms with E-state index in [2.05, 4.69) is 10.9 Å². The summed E-state index contributed by atoms with van der Waals surface area (Å²) in [5.41, 5.74) is 3.45. The molecule has 1 heterocycles. The molecule has 0 aliphatic carbocycles. The van der Waals surface area contributed by atoms with Crippen molar-refractivity contribution in [3.05, 3.63) is 35.4 Å². The van der Waals surface area contributed by atoms with E-state index in [0.29, 0.717) is 0 Å². The Hall–Kier alpha value is -2.10. The first-order chi connectivity index (χ1) is 11.1. The standard InChI is InChI=1S/C14H15F3N2O4S/c15-14(16,17)11-3-1-2-9(6-11)7-12(20)18-19-13(21)10-4-5-24(22,23)8-10/h1-3,6,10H,4-5,7-8H2,(H,18,20)(H,19,21)/t10-/m1/s1. The van der Waals surface area contributed by atoms with E-state index in [1.54, 1.807) is 0 Å². The first kappa shape index (κ1) is 18.2. The summed E-state index contributed by atoms with van der Waals surface area (Å²) in [7, 11) is -3.23. The number of hydrogen-bond donors (Lipinski definition) is 2. The van der Waals surface area contributed by atoms with E-state index >= 15 is 0 Å². The average Bonchev–Trinajstić information content (AvgIpc) is 2.84. The maximum Gasteiger partial charge on any atom is 0.416 e. The normalized spacial score (nSPS) is 19.7. The number of sulfone groups is 1. The van der Waals surface area contributed by atoms with Crippen molar-refractivity contribution in [3.8, 4) is 0 Å². The number of nitrogens with one attached hydrogen (secondary N) is 2. The van der Waals surface area contributed by atoms with Gasteiger partial charge in [0.2, 0.25) is 11.8 Å². The van der Waals surface area contributed by atoms with E-state index in [-0.39, 0.29) is 29.9 Å². The molecule has 0 saturated carbocycles. The van der Waals surface area contributed by atoms with Gasteiger partial charge in [0, 0.05) is 0 Å². The van der Waals surface area contributed by atoms with Crippen LogP contribution in [0.15, 0.2) is 24.3 Å². The van der Waals surface area contributed by atoms with Gasteiger partial charge in [0.15, 0.2) is 9.84 Å². The van der Waals surface area contributed by atoms with E-state index in [0.717, 1.165) is 12.1 Å². The molecule has 1 saturated heterocycles. The lowest BCUT2D eigenvalue weighted by atomic mass is 10.1. The smallest absolute Gasteiger partial charge is 0.273 e. The number of benzene rings is 1. The molecule has 0 spiro atoms. The van der Waals surface area contributed by atoms with E-state index in [9.17, 15) is 31.2 Å². The maximum atomic E-state index is 12.6. The van der Waals surface area contributed by atoms with Gasteiger partial charge >= 0.3 is 6.18 Å². The minimum absolute atomic E-state index is 0.0801. The van der Waals surface area contributed by atoms with E-state index in [1.807, 2.05) is 0 Å². The Balaban J connectivity index is 1.87. The lowest BCUT2D eigenvalue weighted by molar-refractivity contribution is -0.137. The van der Waals surface area contributed by atoms with Crippen LogP contribution in [0.1, 0.15) is 17.5 Å². The summed E-state index contributed by atoms with van der Waals surface area (Å²) in [5, 5.41) is 0. The van der Waals surface area contributed by atoms with E-state index in [1.165, 1.54) is 12.1 Å². The molecule has 132 valence electrons. The van der Waals surface area contributed by atoms with Gasteiger partial charge in [-0.05, 0) is 18.1 Å². The van der Waals surface area contributed by atoms with Gasteiger partial charge in [0.1, 0.15) is 0 Å². The third-order valence-electron chi connectivity index (χ3n) is 3.55. The highest BCUT2D eigenvalue weighted by Gasteiger charge is 2.33. The minimum Gasteiger partial charge on any atom is -0.273 e. The predicted molar refractivity (Wildman–Crippen MR) is 78.2 cm³/mol. The number of rotatable bonds is 3. The maximum absolute atomic E-state index is 12.6. The second kappa shape index (κ2) is 6.80. The molecule has 1 atom stereocenters. The van der Waals surface area contributed by atoms with Crippen LogP contribution in [-0.2, 0) is 32.0 Å². The van der Waals surface area contributed by atoms with Crippen molar-refractivity contribution in [3.63, 3.8) is 0 Å². The summed E-state index contributed by atoms with van der Waals surface area (Å²) in [6.07, 6.45) is -4.68. The van der Waals surface area contributed by atoms with Gasteiger partial charge < -0.3 is 0 Å². The van der Waals surface area contributed by atoms with Gasteiger partial charge in [-0.2, -0.15) is 13.2 Å². The highest BCUT2D eigenvalue weighted by atomic mass is 32.2. The predicted octanol–water partition coefficient (Wildman–Crippen LogP) is 0.830. The summed E-state index contributed by atoms with van der Waals surface area (Å²) in [6, 6.07) is 4.29. The van der Waals surface area contributed by atoms with Crippen LogP contribution in [0.25, 0.3) is 0 Å². The fourth-order valence-corrected chi connectivity index (χ4v) is 4.06. The molecule has 2 amide bonds. The summed E-state index contributed by atoms with van der Waals surface area (Å²) in [4.78, 5) is 23.4. The molecule has 2 N–H and O–H groups in total. The van der Waals surface area contributed by atoms with Crippen LogP contribution in [0.5, 0.6) is 0 Å². The van der Waals surface area contributed by atoms with Crippen molar-refractivity contribution in [2.75, 3.05) is 11.5 Å². The topological polar surface area (TPSA) is 92.3 Å². The third kappa shape index (κ3) is 4.95. The van der Waals surface area contributed by atoms with Gasteiger partial charge in [-0.15, -0.1) is 0 Å². The summed E-state index contributed by atoms with van der Waals surface area (Å²) >= 11 is 0. The van der Waals surface area contributed by atoms with Crippen LogP contribution in [-0.4, -0.2) is 31.7 Å². The van der Waals surface area contributed by atoms with Crippen LogP contribution >= 0.6 is 0 Å². The number of hydrogen-bond acceptors (Lipinski definition) is 4. The first-order valence-corrected chi connectivity index (χ1v) is 8.84. The summed E-state index contributed by atoms with van der Waals surface area (Å²) in [6.45, 7) is 0. The van der Waals surface area contributed by atoms with Gasteiger partial charge in [-0.1, -0.05) is 18.2 Å². The largest absolute Gasteiger partial charge is 0.416 e. The zero-order chi connectivity index (χ0) is 18.0. The van der Waals surface area contributed by atoms with Crippen molar-refractivity contribution < 1.29 is 31.2 Å². The zero-order valence-electron chi connectivity index (χ0n) is 12.4. The first-order valence-electron chi connectivity index (χ1n) is 7.02. The van der Waals surface area contributed by atoms with Gasteiger partial charge in [0.05, 0.1) is 29.4 Å². The zero-order valence-corrected chi connectivity index (χ0v) is 13.2. The Kier molecular flexibility index (Phi) is 5.16. The fraction of sp³-hybridized carbons (Fsp3) is 0.429. The number of hydrazine groups is 1. The Morgan fingerprint density at radius 2 is 1.92 bits per heavy atom. The molecule has 1 aromatic rings. The SMILES string of the molecule is O=C(Cc1cccc(C(F)(F)F)c1)NNC(=O)[C@@H]1CCS(=O)(=O)C1. The van der Waals surface area contributed by atoms with Crippen molar-refractivity contribution >= 4 is 21.7 Å². The summed E-state index contributed by atoms with van der Waals surface area (Å²) < 4.78 is 60.3. The number of amides is 2. The Bertz CT molecular complexity index is 747. The van der Waals surface area contributed by atoms with E-state index < -0.39 is 39.3 Å². The van der Waals surface area contributed by atoms with Crippen molar-refractivity contribution in [1.29, 1.82) is 0 Å². The molecular formula is C14H15F3N2O4S. The second-order valence-corrected chi connectivity index (χ2v) is 7.74. The average molecular weight is 364 g/mol. The second-order valence-electron chi connectivity index (χ2n) is 5.51. The van der Waals surface area contributed by atoms with Crippen LogP contribution in [0.4, 0.5) is 13.2 Å². The van der Waals surface area contributed by atoms with Crippen molar-refractivity contribution in [2.24, 2.45) is 5.92 Å². The molecule has 1 aliphatic heterocycles. The molecule has 10 heteroatoms. The third-order valence-corrected chi connectivity index (χ3v) is 5.32. The Labute approximate surface area is 136 Å². The van der Waals surface area contributed by atoms with E-state index in [4.69, 9.17) is 0 Å². The number of halogens is 3. The lowest BCUT2D eigenvalue weighted by Gasteiger charge is -2.11. The fourth-order valence-electron chi connectivity index (χ4n) is 2.32. The molecule has 0 radical (unpaired) electrons. The van der Waals surface area contributed by atoms with Crippen LogP contribution in [0.2, 0.25) is 0 Å². The molecule has 24 heavy (non-hydrogen) atoms. The highest BCUT2D eigenvalue weighted by Crippen LogP contribution is 2.29. The van der Waals surface area contributed by atoms with Crippen molar-refractivity contribution in [2.45, 2.75) is 19.0 Å². The molecule has 0 aromatic heterocycles. The minimum atomic E-state index is -4.51. The Morgan fingerprint density at radius 3 is 2.50 bits per heavy atom. The molecule has 1 fully saturated rings.